The Balaban J connectivity index is 1.44. The minimum atomic E-state index is -0.236. The molecule has 1 atom stereocenters. The van der Waals surface area contributed by atoms with Crippen LogP contribution < -0.4 is 10.1 Å². The number of rotatable bonds is 13. The average Bonchev–Trinajstić information content (AvgIpc) is 3.38. The Morgan fingerprint density at radius 1 is 0.975 bits per heavy atom. The second kappa shape index (κ2) is 14.2. The van der Waals surface area contributed by atoms with E-state index in [-0.39, 0.29) is 17.9 Å². The molecular formula is C34H38N2O4. The summed E-state index contributed by atoms with van der Waals surface area (Å²) in [7, 11) is 0. The molecule has 0 spiro atoms. The molecule has 0 bridgehead atoms. The minimum absolute atomic E-state index is 0.232. The van der Waals surface area contributed by atoms with Gasteiger partial charge in [-0.2, -0.15) is 0 Å². The molecule has 0 aliphatic rings. The van der Waals surface area contributed by atoms with E-state index in [1.54, 1.807) is 25.1 Å². The minimum Gasteiger partial charge on any atom is -0.491 e. The van der Waals surface area contributed by atoms with Gasteiger partial charge in [-0.25, -0.2) is 0 Å². The van der Waals surface area contributed by atoms with Gasteiger partial charge < -0.3 is 19.4 Å². The van der Waals surface area contributed by atoms with Gasteiger partial charge in [0.15, 0.2) is 0 Å². The zero-order chi connectivity index (χ0) is 28.3. The van der Waals surface area contributed by atoms with Gasteiger partial charge in [-0.3, -0.25) is 9.59 Å². The van der Waals surface area contributed by atoms with Gasteiger partial charge in [0.2, 0.25) is 5.91 Å². The van der Waals surface area contributed by atoms with Crippen molar-refractivity contribution in [3.63, 3.8) is 0 Å². The molecule has 6 heteroatoms. The van der Waals surface area contributed by atoms with Crippen LogP contribution in [0.2, 0.25) is 0 Å². The summed E-state index contributed by atoms with van der Waals surface area (Å²) in [5.74, 6) is 0.0958. The third-order valence-electron chi connectivity index (χ3n) is 6.84. The Morgan fingerprint density at radius 2 is 1.75 bits per heavy atom. The van der Waals surface area contributed by atoms with Crippen molar-refractivity contribution in [3.8, 4) is 5.75 Å². The Labute approximate surface area is 236 Å². The summed E-state index contributed by atoms with van der Waals surface area (Å²) in [6.45, 7) is 6.67. The Morgan fingerprint density at radius 3 is 2.52 bits per heavy atom. The molecule has 3 aromatic carbocycles. The molecule has 208 valence electrons. The number of hydrogen-bond acceptors (Lipinski definition) is 4. The van der Waals surface area contributed by atoms with E-state index in [1.807, 2.05) is 19.1 Å². The lowest BCUT2D eigenvalue weighted by atomic mass is 10.0. The Hall–Kier alpha value is -4.32. The van der Waals surface area contributed by atoms with Gasteiger partial charge in [0.1, 0.15) is 5.75 Å². The second-order valence-corrected chi connectivity index (χ2v) is 9.78. The van der Waals surface area contributed by atoms with E-state index < -0.39 is 0 Å². The predicted molar refractivity (Wildman–Crippen MR) is 162 cm³/mol. The standard InChI is InChI=1S/C34H38N2O4/c1-4-12-30(26-13-7-6-8-14-26)36-21-20-28-24-27(18-19-31(28)36)25(3)23-33(37)35-29-15-9-10-16-32(29)40-22-11-17-34(38)39-5-2/h6-10,13-16,18-21,23-24,30H,4-5,11-12,17,22H2,1-3H3,(H,35,37)/b25-23+. The summed E-state index contributed by atoms with van der Waals surface area (Å²) in [6.07, 6.45) is 6.76. The predicted octanol–water partition coefficient (Wildman–Crippen LogP) is 7.79. The van der Waals surface area contributed by atoms with Crippen molar-refractivity contribution in [3.05, 3.63) is 102 Å². The van der Waals surface area contributed by atoms with Gasteiger partial charge in [-0.15, -0.1) is 0 Å². The maximum Gasteiger partial charge on any atom is 0.305 e. The fraction of sp³-hybridized carbons (Fsp3) is 0.294. The SMILES string of the molecule is CCCC(c1ccccc1)n1ccc2cc(/C(C)=C/C(=O)Nc3ccccc3OCCCC(=O)OCC)ccc21. The maximum atomic E-state index is 12.9. The molecular weight excluding hydrogens is 500 g/mol. The van der Waals surface area contributed by atoms with Crippen molar-refractivity contribution in [2.24, 2.45) is 0 Å². The lowest BCUT2D eigenvalue weighted by molar-refractivity contribution is -0.143. The van der Waals surface area contributed by atoms with Crippen LogP contribution in [0.1, 0.15) is 63.6 Å². The molecule has 1 heterocycles. The highest BCUT2D eigenvalue weighted by Gasteiger charge is 2.15. The van der Waals surface area contributed by atoms with Crippen molar-refractivity contribution in [2.75, 3.05) is 18.5 Å². The van der Waals surface area contributed by atoms with Crippen LogP contribution in [0.4, 0.5) is 5.69 Å². The first-order chi connectivity index (χ1) is 19.5. The van der Waals surface area contributed by atoms with E-state index in [0.717, 1.165) is 29.4 Å². The van der Waals surface area contributed by atoms with E-state index in [9.17, 15) is 9.59 Å². The molecule has 1 aromatic heterocycles. The van der Waals surface area contributed by atoms with Crippen LogP contribution in [0.5, 0.6) is 5.75 Å². The summed E-state index contributed by atoms with van der Waals surface area (Å²) in [4.78, 5) is 24.4. The summed E-state index contributed by atoms with van der Waals surface area (Å²) < 4.78 is 13.1. The van der Waals surface area contributed by atoms with Crippen molar-refractivity contribution in [1.29, 1.82) is 0 Å². The Bertz CT molecular complexity index is 1460. The van der Waals surface area contributed by atoms with Crippen LogP contribution in [0, 0.1) is 0 Å². The Kier molecular flexibility index (Phi) is 10.2. The molecule has 4 aromatic rings. The molecule has 0 fully saturated rings. The molecule has 0 saturated carbocycles. The number of amides is 1. The maximum absolute atomic E-state index is 12.9. The largest absolute Gasteiger partial charge is 0.491 e. The van der Waals surface area contributed by atoms with E-state index >= 15 is 0 Å². The van der Waals surface area contributed by atoms with Crippen LogP contribution in [0.15, 0.2) is 91.1 Å². The summed E-state index contributed by atoms with van der Waals surface area (Å²) in [6, 6.07) is 26.7. The van der Waals surface area contributed by atoms with Crippen LogP contribution in [-0.4, -0.2) is 29.7 Å². The van der Waals surface area contributed by atoms with Crippen molar-refractivity contribution in [2.45, 2.75) is 52.5 Å². The number of aromatic nitrogens is 1. The first-order valence-electron chi connectivity index (χ1n) is 14.0. The number of esters is 1. The lowest BCUT2D eigenvalue weighted by Gasteiger charge is -2.20. The first kappa shape index (κ1) is 28.7. The van der Waals surface area contributed by atoms with E-state index in [4.69, 9.17) is 9.47 Å². The number of nitrogens with one attached hydrogen (secondary N) is 1. The molecule has 1 amide bonds. The molecule has 1 unspecified atom stereocenters. The van der Waals surface area contributed by atoms with Crippen LogP contribution in [0.3, 0.4) is 0 Å². The van der Waals surface area contributed by atoms with Gasteiger partial charge in [0.05, 0.1) is 24.9 Å². The van der Waals surface area contributed by atoms with Gasteiger partial charge in [0.25, 0.3) is 0 Å². The van der Waals surface area contributed by atoms with Gasteiger partial charge in [-0.05, 0) is 73.7 Å². The third-order valence-corrected chi connectivity index (χ3v) is 6.84. The van der Waals surface area contributed by atoms with E-state index in [2.05, 4.69) is 77.6 Å². The number of carbonyl (C=O) groups excluding carboxylic acids is 2. The number of fused-ring (bicyclic) bond motifs is 1. The zero-order valence-electron chi connectivity index (χ0n) is 23.6. The fourth-order valence-electron chi connectivity index (χ4n) is 4.87. The number of carbonyl (C=O) groups is 2. The van der Waals surface area contributed by atoms with E-state index in [0.29, 0.717) is 37.5 Å². The molecule has 6 nitrogen and oxygen atoms in total. The molecule has 0 aliphatic carbocycles. The number of allylic oxidation sites excluding steroid dienone is 1. The first-order valence-corrected chi connectivity index (χ1v) is 14.0. The van der Waals surface area contributed by atoms with Crippen LogP contribution in [0.25, 0.3) is 16.5 Å². The van der Waals surface area contributed by atoms with Gasteiger partial charge in [-0.1, -0.05) is 61.9 Å². The van der Waals surface area contributed by atoms with Crippen molar-refractivity contribution in [1.82, 2.24) is 4.57 Å². The van der Waals surface area contributed by atoms with Gasteiger partial charge in [0, 0.05) is 29.6 Å². The average molecular weight is 539 g/mol. The lowest BCUT2D eigenvalue weighted by Crippen LogP contribution is -2.11. The number of benzene rings is 3. The van der Waals surface area contributed by atoms with Crippen LogP contribution in [-0.2, 0) is 14.3 Å². The topological polar surface area (TPSA) is 69.6 Å². The van der Waals surface area contributed by atoms with Gasteiger partial charge >= 0.3 is 5.97 Å². The number of hydrogen-bond donors (Lipinski definition) is 1. The smallest absolute Gasteiger partial charge is 0.305 e. The normalized spacial score (nSPS) is 12.2. The number of nitrogens with zero attached hydrogens (tertiary/aromatic N) is 1. The quantitative estimate of drug-likeness (QED) is 0.107. The molecule has 40 heavy (non-hydrogen) atoms. The monoisotopic (exact) mass is 538 g/mol. The highest BCUT2D eigenvalue weighted by Crippen LogP contribution is 2.30. The summed E-state index contributed by atoms with van der Waals surface area (Å²) in [5.41, 5.74) is 4.94. The summed E-state index contributed by atoms with van der Waals surface area (Å²) in [5, 5.41) is 4.08. The number of ether oxygens (including phenoxy) is 2. The number of anilines is 1. The zero-order valence-corrected chi connectivity index (χ0v) is 23.6. The third kappa shape index (κ3) is 7.41. The summed E-state index contributed by atoms with van der Waals surface area (Å²) >= 11 is 0. The number of para-hydroxylation sites is 2. The molecule has 1 N–H and O–H groups in total. The van der Waals surface area contributed by atoms with E-state index in [1.165, 1.54) is 11.1 Å². The van der Waals surface area contributed by atoms with Crippen LogP contribution >= 0.6 is 0 Å². The highest BCUT2D eigenvalue weighted by molar-refractivity contribution is 6.04. The molecule has 0 saturated heterocycles. The highest BCUT2D eigenvalue weighted by atomic mass is 16.5. The fourth-order valence-corrected chi connectivity index (χ4v) is 4.87. The molecule has 0 aliphatic heterocycles. The van der Waals surface area contributed by atoms with Crippen molar-refractivity contribution < 1.29 is 19.1 Å². The molecule has 4 rings (SSSR count). The molecule has 0 radical (unpaired) electrons. The second-order valence-electron chi connectivity index (χ2n) is 9.78. The van der Waals surface area contributed by atoms with Crippen molar-refractivity contribution >= 4 is 34.0 Å².